The molecule has 2 nitrogen and oxygen atoms in total. The first-order valence-corrected chi connectivity index (χ1v) is 5.41. The Kier molecular flexibility index (Phi) is 4.45. The van der Waals surface area contributed by atoms with Crippen molar-refractivity contribution in [3.8, 4) is 0 Å². The summed E-state index contributed by atoms with van der Waals surface area (Å²) in [6.45, 7) is 1.78. The number of halogens is 4. The molecule has 1 atom stereocenters. The molecule has 6 heteroatoms. The molecule has 0 spiro atoms. The van der Waals surface area contributed by atoms with Gasteiger partial charge in [0.1, 0.15) is 5.82 Å². The third kappa shape index (κ3) is 3.53. The van der Waals surface area contributed by atoms with Crippen molar-refractivity contribution in [2.75, 3.05) is 0 Å². The van der Waals surface area contributed by atoms with E-state index in [4.69, 9.17) is 5.73 Å². The van der Waals surface area contributed by atoms with Crippen LogP contribution in [-0.4, -0.2) is 11.8 Å². The summed E-state index contributed by atoms with van der Waals surface area (Å²) in [7, 11) is 0. The first-order valence-electron chi connectivity index (χ1n) is 5.41. The summed E-state index contributed by atoms with van der Waals surface area (Å²) in [4.78, 5) is 11.6. The molecule has 100 valence electrons. The number of carbonyl (C=O) groups is 1. The number of carbonyl (C=O) groups excluding carboxylic acids is 1. The fourth-order valence-electron chi connectivity index (χ4n) is 1.42. The van der Waals surface area contributed by atoms with E-state index in [1.54, 1.807) is 6.92 Å². The Bertz CT molecular complexity index is 442. The SMILES string of the molecule is CCC(N)CC(=O)c1ccc(C(F)(F)F)c(F)c1. The molecule has 0 aliphatic heterocycles. The lowest BCUT2D eigenvalue weighted by Crippen LogP contribution is -2.23. The largest absolute Gasteiger partial charge is 0.419 e. The third-order valence-electron chi connectivity index (χ3n) is 2.57. The van der Waals surface area contributed by atoms with Gasteiger partial charge in [-0.05, 0) is 18.6 Å². The zero-order valence-electron chi connectivity index (χ0n) is 9.72. The molecule has 1 unspecified atom stereocenters. The molecule has 1 aromatic carbocycles. The summed E-state index contributed by atoms with van der Waals surface area (Å²) in [5.41, 5.74) is 4.08. The molecule has 0 radical (unpaired) electrons. The minimum absolute atomic E-state index is 0.0126. The van der Waals surface area contributed by atoms with Crippen molar-refractivity contribution >= 4 is 5.78 Å². The Morgan fingerprint density at radius 2 is 2.00 bits per heavy atom. The molecule has 0 fully saturated rings. The van der Waals surface area contributed by atoms with Gasteiger partial charge in [-0.15, -0.1) is 0 Å². The van der Waals surface area contributed by atoms with E-state index in [1.807, 2.05) is 0 Å². The number of Topliss-reactive ketones (excluding diaryl/α,β-unsaturated/α-hetero) is 1. The highest BCUT2D eigenvalue weighted by atomic mass is 19.4. The van der Waals surface area contributed by atoms with E-state index in [9.17, 15) is 22.4 Å². The summed E-state index contributed by atoms with van der Waals surface area (Å²) < 4.78 is 50.1. The van der Waals surface area contributed by atoms with Crippen molar-refractivity contribution in [2.24, 2.45) is 5.73 Å². The lowest BCUT2D eigenvalue weighted by molar-refractivity contribution is -0.140. The predicted molar refractivity (Wildman–Crippen MR) is 58.6 cm³/mol. The zero-order chi connectivity index (χ0) is 13.9. The minimum Gasteiger partial charge on any atom is -0.327 e. The number of hydrogen-bond donors (Lipinski definition) is 1. The van der Waals surface area contributed by atoms with Crippen LogP contribution in [0.4, 0.5) is 17.6 Å². The van der Waals surface area contributed by atoms with Crippen molar-refractivity contribution in [3.63, 3.8) is 0 Å². The molecule has 0 aromatic heterocycles. The van der Waals surface area contributed by atoms with E-state index in [0.29, 0.717) is 18.6 Å². The van der Waals surface area contributed by atoms with Crippen LogP contribution >= 0.6 is 0 Å². The molecular weight excluding hydrogens is 250 g/mol. The fourth-order valence-corrected chi connectivity index (χ4v) is 1.42. The number of nitrogens with two attached hydrogens (primary N) is 1. The molecule has 0 aliphatic carbocycles. The summed E-state index contributed by atoms with van der Waals surface area (Å²) in [6.07, 6.45) is -4.21. The highest BCUT2D eigenvalue weighted by Crippen LogP contribution is 2.31. The zero-order valence-corrected chi connectivity index (χ0v) is 9.72. The average Bonchev–Trinajstić information content (AvgIpc) is 2.26. The van der Waals surface area contributed by atoms with Crippen LogP contribution in [0.1, 0.15) is 35.7 Å². The summed E-state index contributed by atoms with van der Waals surface area (Å²) in [5.74, 6) is -1.91. The number of rotatable bonds is 4. The maximum Gasteiger partial charge on any atom is 0.419 e. The third-order valence-corrected chi connectivity index (χ3v) is 2.57. The standard InChI is InChI=1S/C12H13F4NO/c1-2-8(17)6-11(18)7-3-4-9(10(13)5-7)12(14,15)16/h3-5,8H,2,6,17H2,1H3. The van der Waals surface area contributed by atoms with Crippen LogP contribution in [0.25, 0.3) is 0 Å². The molecule has 0 saturated carbocycles. The summed E-state index contributed by atoms with van der Waals surface area (Å²) in [6, 6.07) is 1.77. The summed E-state index contributed by atoms with van der Waals surface area (Å²) >= 11 is 0. The van der Waals surface area contributed by atoms with Gasteiger partial charge in [0.05, 0.1) is 5.56 Å². The van der Waals surface area contributed by atoms with Gasteiger partial charge in [-0.2, -0.15) is 13.2 Å². The quantitative estimate of drug-likeness (QED) is 0.669. The van der Waals surface area contributed by atoms with Gasteiger partial charge in [-0.3, -0.25) is 4.79 Å². The maximum atomic E-state index is 13.2. The van der Waals surface area contributed by atoms with E-state index in [-0.39, 0.29) is 18.0 Å². The average molecular weight is 263 g/mol. The lowest BCUT2D eigenvalue weighted by Gasteiger charge is -2.10. The number of ketones is 1. The van der Waals surface area contributed by atoms with E-state index >= 15 is 0 Å². The van der Waals surface area contributed by atoms with Gasteiger partial charge in [-0.1, -0.05) is 13.0 Å². The Labute approximate surface area is 102 Å². The van der Waals surface area contributed by atoms with Crippen LogP contribution in [-0.2, 0) is 6.18 Å². The highest BCUT2D eigenvalue weighted by molar-refractivity contribution is 5.96. The molecular formula is C12H13F4NO. The van der Waals surface area contributed by atoms with Crippen molar-refractivity contribution in [2.45, 2.75) is 32.0 Å². The first-order chi connectivity index (χ1) is 8.25. The maximum absolute atomic E-state index is 13.2. The van der Waals surface area contributed by atoms with Crippen molar-refractivity contribution in [1.29, 1.82) is 0 Å². The van der Waals surface area contributed by atoms with Gasteiger partial charge in [0.2, 0.25) is 0 Å². The first kappa shape index (κ1) is 14.6. The molecule has 18 heavy (non-hydrogen) atoms. The molecule has 1 rings (SSSR count). The van der Waals surface area contributed by atoms with Crippen LogP contribution in [0, 0.1) is 5.82 Å². The number of benzene rings is 1. The smallest absolute Gasteiger partial charge is 0.327 e. The molecule has 0 bridgehead atoms. The second kappa shape index (κ2) is 5.48. The van der Waals surface area contributed by atoms with Gasteiger partial charge in [0.25, 0.3) is 0 Å². The molecule has 0 aliphatic rings. The van der Waals surface area contributed by atoms with Crippen LogP contribution < -0.4 is 5.73 Å². The second-order valence-electron chi connectivity index (χ2n) is 3.99. The normalized spacial score (nSPS) is 13.4. The molecule has 1 aromatic rings. The Morgan fingerprint density at radius 3 is 2.44 bits per heavy atom. The van der Waals surface area contributed by atoms with Crippen LogP contribution in [0.2, 0.25) is 0 Å². The van der Waals surface area contributed by atoms with Gasteiger partial charge in [0.15, 0.2) is 5.78 Å². The van der Waals surface area contributed by atoms with Crippen LogP contribution in [0.15, 0.2) is 18.2 Å². The van der Waals surface area contributed by atoms with E-state index in [1.165, 1.54) is 0 Å². The Hall–Kier alpha value is -1.43. The summed E-state index contributed by atoms with van der Waals surface area (Å²) in [5, 5.41) is 0. The monoisotopic (exact) mass is 263 g/mol. The highest BCUT2D eigenvalue weighted by Gasteiger charge is 2.34. The number of hydrogen-bond acceptors (Lipinski definition) is 2. The number of alkyl halides is 3. The Morgan fingerprint density at radius 1 is 1.39 bits per heavy atom. The lowest BCUT2D eigenvalue weighted by atomic mass is 10.0. The van der Waals surface area contributed by atoms with E-state index < -0.39 is 23.3 Å². The van der Waals surface area contributed by atoms with Crippen molar-refractivity contribution < 1.29 is 22.4 Å². The van der Waals surface area contributed by atoms with Gasteiger partial charge in [-0.25, -0.2) is 4.39 Å². The molecule has 0 saturated heterocycles. The van der Waals surface area contributed by atoms with Gasteiger partial charge in [0, 0.05) is 18.0 Å². The van der Waals surface area contributed by atoms with Crippen molar-refractivity contribution in [1.82, 2.24) is 0 Å². The minimum atomic E-state index is -4.76. The Balaban J connectivity index is 2.94. The van der Waals surface area contributed by atoms with Gasteiger partial charge >= 0.3 is 6.18 Å². The van der Waals surface area contributed by atoms with E-state index in [2.05, 4.69) is 0 Å². The topological polar surface area (TPSA) is 43.1 Å². The molecule has 0 amide bonds. The van der Waals surface area contributed by atoms with Crippen LogP contribution in [0.3, 0.4) is 0 Å². The molecule has 2 N–H and O–H groups in total. The van der Waals surface area contributed by atoms with Gasteiger partial charge < -0.3 is 5.73 Å². The van der Waals surface area contributed by atoms with E-state index in [0.717, 1.165) is 6.07 Å². The van der Waals surface area contributed by atoms with Crippen molar-refractivity contribution in [3.05, 3.63) is 35.1 Å². The fraction of sp³-hybridized carbons (Fsp3) is 0.417. The predicted octanol–water partition coefficient (Wildman–Crippen LogP) is 3.15. The second-order valence-corrected chi connectivity index (χ2v) is 3.99. The molecule has 0 heterocycles. The van der Waals surface area contributed by atoms with Crippen LogP contribution in [0.5, 0.6) is 0 Å².